The smallest absolute Gasteiger partial charge is 0.123 e. The summed E-state index contributed by atoms with van der Waals surface area (Å²) in [6.45, 7) is 8.61. The van der Waals surface area contributed by atoms with Gasteiger partial charge in [-0.25, -0.2) is 0 Å². The van der Waals surface area contributed by atoms with Crippen LogP contribution in [-0.2, 0) is 25.2 Å². The Hall–Kier alpha value is -2.93. The molecule has 35 heavy (non-hydrogen) atoms. The number of pyridine rings is 1. The fourth-order valence-corrected chi connectivity index (χ4v) is 5.16. The maximum Gasteiger partial charge on any atom is 0.123 e. The molecule has 0 unspecified atom stereocenters. The average molecular weight is 474 g/mol. The van der Waals surface area contributed by atoms with Crippen LogP contribution in [0.25, 0.3) is 0 Å². The van der Waals surface area contributed by atoms with Crippen LogP contribution in [0.1, 0.15) is 42.0 Å². The van der Waals surface area contributed by atoms with E-state index in [0.29, 0.717) is 13.2 Å². The lowest BCUT2D eigenvalue weighted by molar-refractivity contribution is -0.0279. The Labute approximate surface area is 208 Å². The van der Waals surface area contributed by atoms with Gasteiger partial charge in [-0.15, -0.1) is 0 Å². The van der Waals surface area contributed by atoms with E-state index in [4.69, 9.17) is 9.47 Å². The lowest BCUT2D eigenvalue weighted by atomic mass is 9.85. The molecule has 184 valence electrons. The lowest BCUT2D eigenvalue weighted by Crippen LogP contribution is -2.42. The monoisotopic (exact) mass is 473 g/mol. The van der Waals surface area contributed by atoms with E-state index >= 15 is 0 Å². The van der Waals surface area contributed by atoms with Crippen molar-refractivity contribution in [1.29, 1.82) is 0 Å². The Morgan fingerprint density at radius 3 is 2.60 bits per heavy atom. The largest absolute Gasteiger partial charge is 0.494 e. The van der Waals surface area contributed by atoms with Crippen LogP contribution in [0.3, 0.4) is 0 Å². The van der Waals surface area contributed by atoms with E-state index in [9.17, 15) is 5.11 Å². The maximum atomic E-state index is 11.1. The molecular weight excluding hydrogens is 438 g/mol. The number of likely N-dealkylation sites (tertiary alicyclic amines) is 1. The molecule has 0 saturated carbocycles. The molecule has 2 aromatic carbocycles. The van der Waals surface area contributed by atoms with Crippen molar-refractivity contribution in [3.05, 3.63) is 89.2 Å². The molecule has 1 saturated heterocycles. The first kappa shape index (κ1) is 23.8. The minimum atomic E-state index is -0.771. The highest BCUT2D eigenvalue weighted by Gasteiger charge is 2.34. The maximum absolute atomic E-state index is 11.1. The summed E-state index contributed by atoms with van der Waals surface area (Å²) in [5.74, 6) is 1.92. The minimum Gasteiger partial charge on any atom is -0.494 e. The third kappa shape index (κ3) is 5.84. The summed E-state index contributed by atoms with van der Waals surface area (Å²) in [5, 5.41) is 11.1. The molecule has 5 rings (SSSR count). The van der Waals surface area contributed by atoms with Crippen LogP contribution in [0.5, 0.6) is 11.5 Å². The Morgan fingerprint density at radius 1 is 0.971 bits per heavy atom. The van der Waals surface area contributed by atoms with Gasteiger partial charge in [0.25, 0.3) is 0 Å². The van der Waals surface area contributed by atoms with Gasteiger partial charge in [-0.2, -0.15) is 0 Å². The summed E-state index contributed by atoms with van der Waals surface area (Å²) in [7, 11) is 0. The average Bonchev–Trinajstić information content (AvgIpc) is 3.08. The van der Waals surface area contributed by atoms with Gasteiger partial charge in [0.2, 0.25) is 0 Å². The topological polar surface area (TPSA) is 58.1 Å². The van der Waals surface area contributed by atoms with Gasteiger partial charge in [-0.05, 0) is 61.2 Å². The second kappa shape index (κ2) is 10.8. The van der Waals surface area contributed by atoms with Crippen molar-refractivity contribution in [2.45, 2.75) is 45.0 Å². The molecule has 0 aliphatic carbocycles. The minimum absolute atomic E-state index is 0.678. The number of ether oxygens (including phenoxy) is 2. The third-order valence-corrected chi connectivity index (χ3v) is 7.09. The Morgan fingerprint density at radius 2 is 1.80 bits per heavy atom. The molecule has 0 radical (unpaired) electrons. The number of nitrogens with zero attached hydrogens (tertiary/aromatic N) is 3. The second-order valence-corrected chi connectivity index (χ2v) is 9.63. The molecule has 2 aliphatic heterocycles. The molecule has 1 N–H and O–H groups in total. The van der Waals surface area contributed by atoms with Crippen molar-refractivity contribution in [3.63, 3.8) is 0 Å². The van der Waals surface area contributed by atoms with Crippen LogP contribution in [0.4, 0.5) is 0 Å². The van der Waals surface area contributed by atoms with Crippen LogP contribution < -0.4 is 9.47 Å². The fraction of sp³-hybridized carbons (Fsp3) is 0.414. The number of piperidine rings is 1. The Balaban J connectivity index is 1.22. The van der Waals surface area contributed by atoms with Crippen LogP contribution in [0, 0.1) is 0 Å². The van der Waals surface area contributed by atoms with Gasteiger partial charge in [0.05, 0.1) is 12.2 Å². The molecule has 3 aromatic rings. The molecule has 6 heteroatoms. The van der Waals surface area contributed by atoms with Gasteiger partial charge in [0.1, 0.15) is 18.1 Å². The molecule has 2 aliphatic rings. The van der Waals surface area contributed by atoms with Crippen LogP contribution >= 0.6 is 0 Å². The van der Waals surface area contributed by atoms with Crippen LogP contribution in [0.2, 0.25) is 0 Å². The summed E-state index contributed by atoms with van der Waals surface area (Å²) in [5.41, 5.74) is 3.94. The normalized spacial score (nSPS) is 18.3. The first-order valence-corrected chi connectivity index (χ1v) is 12.7. The number of rotatable bonds is 7. The van der Waals surface area contributed by atoms with E-state index in [2.05, 4.69) is 51.2 Å². The van der Waals surface area contributed by atoms with Crippen LogP contribution in [0.15, 0.2) is 67.0 Å². The van der Waals surface area contributed by atoms with E-state index in [1.54, 1.807) is 12.4 Å². The molecule has 0 amide bonds. The summed E-state index contributed by atoms with van der Waals surface area (Å²) in [6, 6.07) is 18.9. The summed E-state index contributed by atoms with van der Waals surface area (Å²) in [4.78, 5) is 9.06. The van der Waals surface area contributed by atoms with E-state index in [0.717, 1.165) is 69.2 Å². The zero-order valence-corrected chi connectivity index (χ0v) is 20.5. The first-order chi connectivity index (χ1) is 17.1. The molecule has 0 spiro atoms. The number of hydrogen-bond acceptors (Lipinski definition) is 6. The molecule has 1 aromatic heterocycles. The van der Waals surface area contributed by atoms with Gasteiger partial charge in [-0.3, -0.25) is 14.8 Å². The van der Waals surface area contributed by atoms with E-state index < -0.39 is 5.60 Å². The molecule has 0 bridgehead atoms. The van der Waals surface area contributed by atoms with Gasteiger partial charge in [-0.1, -0.05) is 24.3 Å². The molecular formula is C29H35N3O3. The Kier molecular flexibility index (Phi) is 7.32. The van der Waals surface area contributed by atoms with E-state index in [1.807, 2.05) is 25.1 Å². The molecule has 6 nitrogen and oxygen atoms in total. The summed E-state index contributed by atoms with van der Waals surface area (Å²) < 4.78 is 11.8. The third-order valence-electron chi connectivity index (χ3n) is 7.09. The highest BCUT2D eigenvalue weighted by Crippen LogP contribution is 2.33. The number of benzene rings is 2. The quantitative estimate of drug-likeness (QED) is 0.550. The van der Waals surface area contributed by atoms with Gasteiger partial charge in [0, 0.05) is 62.8 Å². The predicted octanol–water partition coefficient (Wildman–Crippen LogP) is 4.36. The summed E-state index contributed by atoms with van der Waals surface area (Å²) in [6.07, 6.45) is 4.99. The second-order valence-electron chi connectivity index (χ2n) is 9.63. The highest BCUT2D eigenvalue weighted by molar-refractivity contribution is 5.38. The van der Waals surface area contributed by atoms with E-state index in [-0.39, 0.29) is 0 Å². The number of aromatic nitrogens is 1. The lowest BCUT2D eigenvalue weighted by Gasteiger charge is -2.38. The summed E-state index contributed by atoms with van der Waals surface area (Å²) >= 11 is 0. The number of hydrogen-bond donors (Lipinski definition) is 1. The van der Waals surface area contributed by atoms with Gasteiger partial charge >= 0.3 is 0 Å². The SMILES string of the molecule is CCOc1cccc(CN2CCOc3ccc(CN4CCC(O)(c5cccnc5)CC4)cc3C2)c1. The van der Waals surface area contributed by atoms with Crippen molar-refractivity contribution < 1.29 is 14.6 Å². The van der Waals surface area contributed by atoms with Crippen molar-refractivity contribution in [2.75, 3.05) is 32.8 Å². The zero-order valence-electron chi connectivity index (χ0n) is 20.5. The van der Waals surface area contributed by atoms with Crippen molar-refractivity contribution in [2.24, 2.45) is 0 Å². The molecule has 0 atom stereocenters. The fourth-order valence-electron chi connectivity index (χ4n) is 5.16. The number of fused-ring (bicyclic) bond motifs is 1. The van der Waals surface area contributed by atoms with Crippen LogP contribution in [-0.4, -0.2) is 52.7 Å². The van der Waals surface area contributed by atoms with E-state index in [1.165, 1.54) is 16.7 Å². The Bertz CT molecular complexity index is 1110. The molecule has 3 heterocycles. The van der Waals surface area contributed by atoms with Crippen molar-refractivity contribution in [3.8, 4) is 11.5 Å². The van der Waals surface area contributed by atoms with Crippen molar-refractivity contribution >= 4 is 0 Å². The highest BCUT2D eigenvalue weighted by atomic mass is 16.5. The van der Waals surface area contributed by atoms with Crippen molar-refractivity contribution in [1.82, 2.24) is 14.8 Å². The van der Waals surface area contributed by atoms with Gasteiger partial charge in [0.15, 0.2) is 0 Å². The first-order valence-electron chi connectivity index (χ1n) is 12.7. The standard InChI is InChI=1S/C29H35N3O3/c1-2-34-27-7-3-5-23(18-27)21-32-15-16-35-28-9-8-24(17-25(28)22-32)20-31-13-10-29(33,11-14-31)26-6-4-12-30-19-26/h3-9,12,17-19,33H,2,10-11,13-16,20-22H2,1H3. The molecule has 1 fully saturated rings. The zero-order chi connectivity index (χ0) is 24.1. The number of aliphatic hydroxyl groups is 1. The van der Waals surface area contributed by atoms with Gasteiger partial charge < -0.3 is 14.6 Å². The predicted molar refractivity (Wildman–Crippen MR) is 136 cm³/mol.